The standard InChI is InChI=1S/C20H27N5O/c1-24(2)20-22-12-17(13-23-20)14-25-11-9-18(15-25)19(26)21-10-8-16-6-4-3-5-7-16/h3-7,12-13,18H,8-11,14-15H2,1-2H3,(H,21,26). The fourth-order valence-corrected chi connectivity index (χ4v) is 3.23. The van der Waals surface area contributed by atoms with Gasteiger partial charge in [-0.3, -0.25) is 9.69 Å². The largest absolute Gasteiger partial charge is 0.355 e. The second-order valence-electron chi connectivity index (χ2n) is 7.03. The number of amides is 1. The van der Waals surface area contributed by atoms with Crippen LogP contribution in [-0.2, 0) is 17.8 Å². The number of hydrogen-bond donors (Lipinski definition) is 1. The highest BCUT2D eigenvalue weighted by Gasteiger charge is 2.28. The van der Waals surface area contributed by atoms with Crippen molar-refractivity contribution < 1.29 is 4.79 Å². The fourth-order valence-electron chi connectivity index (χ4n) is 3.23. The van der Waals surface area contributed by atoms with Gasteiger partial charge >= 0.3 is 0 Å². The number of likely N-dealkylation sites (tertiary alicyclic amines) is 1. The zero-order valence-corrected chi connectivity index (χ0v) is 15.6. The Kier molecular flexibility index (Phi) is 6.17. The minimum atomic E-state index is 0.0766. The summed E-state index contributed by atoms with van der Waals surface area (Å²) in [6, 6.07) is 10.2. The van der Waals surface area contributed by atoms with Crippen LogP contribution in [0.5, 0.6) is 0 Å². The number of anilines is 1. The van der Waals surface area contributed by atoms with E-state index in [4.69, 9.17) is 0 Å². The quantitative estimate of drug-likeness (QED) is 0.821. The van der Waals surface area contributed by atoms with Crippen molar-refractivity contribution in [1.82, 2.24) is 20.2 Å². The Hall–Kier alpha value is -2.47. The van der Waals surface area contributed by atoms with E-state index in [0.29, 0.717) is 12.5 Å². The number of hydrogen-bond acceptors (Lipinski definition) is 5. The first-order chi connectivity index (χ1) is 12.6. The van der Waals surface area contributed by atoms with Crippen LogP contribution in [-0.4, -0.2) is 54.5 Å². The molecule has 1 fully saturated rings. The summed E-state index contributed by atoms with van der Waals surface area (Å²) in [6.07, 6.45) is 5.53. The highest BCUT2D eigenvalue weighted by molar-refractivity contribution is 5.79. The summed E-state index contributed by atoms with van der Waals surface area (Å²) in [5.74, 6) is 0.959. The lowest BCUT2D eigenvalue weighted by atomic mass is 10.1. The van der Waals surface area contributed by atoms with Crippen molar-refractivity contribution in [3.8, 4) is 0 Å². The number of benzene rings is 1. The van der Waals surface area contributed by atoms with Crippen LogP contribution in [0.25, 0.3) is 0 Å². The first-order valence-corrected chi connectivity index (χ1v) is 9.14. The molecule has 0 bridgehead atoms. The molecule has 1 unspecified atom stereocenters. The van der Waals surface area contributed by atoms with Crippen molar-refractivity contribution in [2.24, 2.45) is 5.92 Å². The number of carbonyl (C=O) groups is 1. The predicted molar refractivity (Wildman–Crippen MR) is 103 cm³/mol. The topological polar surface area (TPSA) is 61.4 Å². The molecule has 1 atom stereocenters. The van der Waals surface area contributed by atoms with Gasteiger partial charge in [0.1, 0.15) is 0 Å². The van der Waals surface area contributed by atoms with E-state index in [1.54, 1.807) is 0 Å². The Morgan fingerprint density at radius 1 is 1.19 bits per heavy atom. The molecule has 2 heterocycles. The normalized spacial score (nSPS) is 17.2. The van der Waals surface area contributed by atoms with Crippen molar-refractivity contribution in [1.29, 1.82) is 0 Å². The first-order valence-electron chi connectivity index (χ1n) is 9.14. The molecule has 0 aliphatic carbocycles. The first kappa shape index (κ1) is 18.3. The molecule has 3 rings (SSSR count). The van der Waals surface area contributed by atoms with E-state index in [0.717, 1.165) is 38.0 Å². The molecule has 1 aromatic heterocycles. The molecular weight excluding hydrogens is 326 g/mol. The van der Waals surface area contributed by atoms with E-state index in [2.05, 4.69) is 32.3 Å². The van der Waals surface area contributed by atoms with Crippen molar-refractivity contribution in [2.75, 3.05) is 38.6 Å². The van der Waals surface area contributed by atoms with E-state index >= 15 is 0 Å². The molecule has 1 amide bonds. The zero-order valence-electron chi connectivity index (χ0n) is 15.6. The van der Waals surface area contributed by atoms with Gasteiger partial charge in [-0.15, -0.1) is 0 Å². The molecule has 0 spiro atoms. The average Bonchev–Trinajstić information content (AvgIpc) is 3.11. The second-order valence-corrected chi connectivity index (χ2v) is 7.03. The molecule has 1 N–H and O–H groups in total. The number of aromatic nitrogens is 2. The average molecular weight is 353 g/mol. The Morgan fingerprint density at radius 2 is 1.92 bits per heavy atom. The summed E-state index contributed by atoms with van der Waals surface area (Å²) in [5, 5.41) is 3.08. The van der Waals surface area contributed by atoms with Gasteiger partial charge in [-0.25, -0.2) is 9.97 Å². The van der Waals surface area contributed by atoms with Crippen LogP contribution in [0.1, 0.15) is 17.5 Å². The summed E-state index contributed by atoms with van der Waals surface area (Å²) in [4.78, 5) is 25.3. The van der Waals surface area contributed by atoms with Crippen molar-refractivity contribution >= 4 is 11.9 Å². The van der Waals surface area contributed by atoms with Gasteiger partial charge in [0, 0.05) is 51.7 Å². The molecular formula is C20H27N5O. The summed E-state index contributed by atoms with van der Waals surface area (Å²) in [6.45, 7) is 3.22. The van der Waals surface area contributed by atoms with Crippen LogP contribution in [0.15, 0.2) is 42.7 Å². The molecule has 6 heteroatoms. The molecule has 6 nitrogen and oxygen atoms in total. The van der Waals surface area contributed by atoms with E-state index in [9.17, 15) is 4.79 Å². The van der Waals surface area contributed by atoms with Gasteiger partial charge in [-0.05, 0) is 24.9 Å². The molecule has 1 aliphatic heterocycles. The lowest BCUT2D eigenvalue weighted by molar-refractivity contribution is -0.124. The van der Waals surface area contributed by atoms with Crippen LogP contribution in [0.2, 0.25) is 0 Å². The Balaban J connectivity index is 1.42. The minimum Gasteiger partial charge on any atom is -0.355 e. The van der Waals surface area contributed by atoms with Gasteiger partial charge in [0.25, 0.3) is 0 Å². The van der Waals surface area contributed by atoms with Crippen LogP contribution < -0.4 is 10.2 Å². The monoisotopic (exact) mass is 353 g/mol. The van der Waals surface area contributed by atoms with Crippen molar-refractivity contribution in [3.05, 3.63) is 53.9 Å². The Morgan fingerprint density at radius 3 is 2.62 bits per heavy atom. The third-order valence-corrected chi connectivity index (χ3v) is 4.70. The molecule has 26 heavy (non-hydrogen) atoms. The van der Waals surface area contributed by atoms with Crippen molar-refractivity contribution in [3.63, 3.8) is 0 Å². The summed E-state index contributed by atoms with van der Waals surface area (Å²) < 4.78 is 0. The number of rotatable bonds is 7. The maximum atomic E-state index is 12.4. The minimum absolute atomic E-state index is 0.0766. The third kappa shape index (κ3) is 5.02. The van der Waals surface area contributed by atoms with E-state index in [1.165, 1.54) is 5.56 Å². The summed E-state index contributed by atoms with van der Waals surface area (Å²) in [7, 11) is 3.85. The lowest BCUT2D eigenvalue weighted by Gasteiger charge is -2.16. The number of carbonyl (C=O) groups excluding carboxylic acids is 1. The summed E-state index contributed by atoms with van der Waals surface area (Å²) in [5.41, 5.74) is 2.34. The number of nitrogens with one attached hydrogen (secondary N) is 1. The van der Waals surface area contributed by atoms with Gasteiger partial charge in [0.05, 0.1) is 5.92 Å². The van der Waals surface area contributed by atoms with E-state index in [-0.39, 0.29) is 11.8 Å². The molecule has 1 aromatic carbocycles. The maximum absolute atomic E-state index is 12.4. The molecule has 1 aliphatic rings. The third-order valence-electron chi connectivity index (χ3n) is 4.70. The maximum Gasteiger partial charge on any atom is 0.224 e. The van der Waals surface area contributed by atoms with Crippen LogP contribution in [0, 0.1) is 5.92 Å². The molecule has 0 saturated carbocycles. The van der Waals surface area contributed by atoms with Crippen molar-refractivity contribution in [2.45, 2.75) is 19.4 Å². The van der Waals surface area contributed by atoms with Gasteiger partial charge in [-0.1, -0.05) is 30.3 Å². The highest BCUT2D eigenvalue weighted by Crippen LogP contribution is 2.19. The van der Waals surface area contributed by atoms with Crippen LogP contribution in [0.4, 0.5) is 5.95 Å². The summed E-state index contributed by atoms with van der Waals surface area (Å²) >= 11 is 0. The molecule has 138 valence electrons. The zero-order chi connectivity index (χ0) is 18.4. The van der Waals surface area contributed by atoms with Gasteiger partial charge < -0.3 is 10.2 Å². The predicted octanol–water partition coefficient (Wildman–Crippen LogP) is 1.72. The van der Waals surface area contributed by atoms with E-state index < -0.39 is 0 Å². The fraction of sp³-hybridized carbons (Fsp3) is 0.450. The van der Waals surface area contributed by atoms with Crippen LogP contribution >= 0.6 is 0 Å². The van der Waals surface area contributed by atoms with E-state index in [1.807, 2.05) is 49.6 Å². The Bertz CT molecular complexity index is 702. The smallest absolute Gasteiger partial charge is 0.224 e. The van der Waals surface area contributed by atoms with Crippen LogP contribution in [0.3, 0.4) is 0 Å². The lowest BCUT2D eigenvalue weighted by Crippen LogP contribution is -2.34. The Labute approximate surface area is 155 Å². The highest BCUT2D eigenvalue weighted by atomic mass is 16.1. The molecule has 1 saturated heterocycles. The second kappa shape index (κ2) is 8.76. The number of nitrogens with zero attached hydrogens (tertiary/aromatic N) is 4. The SMILES string of the molecule is CN(C)c1ncc(CN2CCC(C(=O)NCCc3ccccc3)C2)cn1. The molecule has 0 radical (unpaired) electrons. The molecule has 2 aromatic rings. The van der Waals surface area contributed by atoms with Gasteiger partial charge in [0.2, 0.25) is 11.9 Å². The van der Waals surface area contributed by atoms with Gasteiger partial charge in [0.15, 0.2) is 0 Å². The van der Waals surface area contributed by atoms with Gasteiger partial charge in [-0.2, -0.15) is 0 Å².